The van der Waals surface area contributed by atoms with Gasteiger partial charge in [0.05, 0.1) is 0 Å². The van der Waals surface area contributed by atoms with Crippen molar-refractivity contribution in [1.29, 1.82) is 0 Å². The Morgan fingerprint density at radius 1 is 1.00 bits per heavy atom. The van der Waals surface area contributed by atoms with Crippen molar-refractivity contribution in [3.05, 3.63) is 35.4 Å². The van der Waals surface area contributed by atoms with E-state index < -0.39 is 0 Å². The summed E-state index contributed by atoms with van der Waals surface area (Å²) in [6.07, 6.45) is 0. The third-order valence-corrected chi connectivity index (χ3v) is 2.42. The molecular formula is C12H19N. The van der Waals surface area contributed by atoms with Gasteiger partial charge in [0.15, 0.2) is 0 Å². The maximum atomic E-state index is 2.42. The van der Waals surface area contributed by atoms with Crippen molar-refractivity contribution in [1.82, 2.24) is 4.90 Å². The number of hydrogen-bond donors (Lipinski definition) is 0. The molecule has 1 aromatic carbocycles. The monoisotopic (exact) mass is 177 g/mol. The quantitative estimate of drug-likeness (QED) is 0.683. The summed E-state index contributed by atoms with van der Waals surface area (Å²) < 4.78 is 0. The maximum absolute atomic E-state index is 2.42. The predicted molar refractivity (Wildman–Crippen MR) is 57.8 cm³/mol. The third kappa shape index (κ3) is 3.19. The molecule has 0 spiro atoms. The number of hydrogen-bond acceptors (Lipinski definition) is 1. The van der Waals surface area contributed by atoms with E-state index in [1.165, 1.54) is 11.1 Å². The predicted octanol–water partition coefficient (Wildman–Crippen LogP) is 2.84. The standard InChI is InChI=1S/C12H19N/c1-4-13(5-2)10-12-8-6-11(3)7-9-12/h6-9H,4-5,10H2,1-3H3. The molecule has 1 rings (SSSR count). The van der Waals surface area contributed by atoms with Crippen molar-refractivity contribution in [2.24, 2.45) is 0 Å². The minimum absolute atomic E-state index is 1.08. The van der Waals surface area contributed by atoms with E-state index in [4.69, 9.17) is 0 Å². The Kier molecular flexibility index (Phi) is 3.97. The lowest BCUT2D eigenvalue weighted by Crippen LogP contribution is -2.21. The molecule has 0 aliphatic carbocycles. The molecule has 0 N–H and O–H groups in total. The summed E-state index contributed by atoms with van der Waals surface area (Å²) in [5.41, 5.74) is 2.75. The lowest BCUT2D eigenvalue weighted by Gasteiger charge is -2.17. The summed E-state index contributed by atoms with van der Waals surface area (Å²) >= 11 is 0. The zero-order valence-corrected chi connectivity index (χ0v) is 8.88. The lowest BCUT2D eigenvalue weighted by atomic mass is 10.1. The highest BCUT2D eigenvalue weighted by Crippen LogP contribution is 2.06. The zero-order chi connectivity index (χ0) is 9.68. The van der Waals surface area contributed by atoms with Crippen molar-refractivity contribution in [3.63, 3.8) is 0 Å². The van der Waals surface area contributed by atoms with Crippen LogP contribution >= 0.6 is 0 Å². The molecule has 0 amide bonds. The second-order valence-corrected chi connectivity index (χ2v) is 3.45. The Morgan fingerprint density at radius 2 is 1.54 bits per heavy atom. The molecule has 0 unspecified atom stereocenters. The summed E-state index contributed by atoms with van der Waals surface area (Å²) in [6, 6.07) is 8.79. The Hall–Kier alpha value is -0.820. The van der Waals surface area contributed by atoms with Crippen LogP contribution in [0.2, 0.25) is 0 Å². The van der Waals surface area contributed by atoms with Crippen molar-refractivity contribution in [2.75, 3.05) is 13.1 Å². The Balaban J connectivity index is 2.58. The zero-order valence-electron chi connectivity index (χ0n) is 8.88. The fraction of sp³-hybridized carbons (Fsp3) is 0.500. The van der Waals surface area contributed by atoms with E-state index in [-0.39, 0.29) is 0 Å². The molecule has 0 aliphatic rings. The number of rotatable bonds is 4. The molecule has 0 radical (unpaired) electrons. The third-order valence-electron chi connectivity index (χ3n) is 2.42. The summed E-state index contributed by atoms with van der Waals surface area (Å²) in [5, 5.41) is 0. The molecule has 0 heterocycles. The van der Waals surface area contributed by atoms with Crippen LogP contribution in [-0.2, 0) is 6.54 Å². The smallest absolute Gasteiger partial charge is 0.0233 e. The first-order valence-electron chi connectivity index (χ1n) is 5.04. The number of nitrogens with zero attached hydrogens (tertiary/aromatic N) is 1. The molecule has 0 aliphatic heterocycles. The van der Waals surface area contributed by atoms with Gasteiger partial charge in [-0.2, -0.15) is 0 Å². The van der Waals surface area contributed by atoms with Crippen LogP contribution in [0.1, 0.15) is 25.0 Å². The van der Waals surface area contributed by atoms with Gasteiger partial charge in [-0.3, -0.25) is 4.90 Å². The minimum atomic E-state index is 1.08. The van der Waals surface area contributed by atoms with Gasteiger partial charge in [-0.25, -0.2) is 0 Å². The molecule has 0 saturated heterocycles. The van der Waals surface area contributed by atoms with Gasteiger partial charge in [0.1, 0.15) is 0 Å². The number of benzene rings is 1. The van der Waals surface area contributed by atoms with E-state index in [1.807, 2.05) is 0 Å². The summed E-state index contributed by atoms with van der Waals surface area (Å²) in [6.45, 7) is 9.87. The molecule has 0 atom stereocenters. The van der Waals surface area contributed by atoms with Crippen LogP contribution in [0.5, 0.6) is 0 Å². The van der Waals surface area contributed by atoms with Crippen LogP contribution in [0.4, 0.5) is 0 Å². The van der Waals surface area contributed by atoms with Gasteiger partial charge in [0, 0.05) is 6.54 Å². The molecule has 1 aromatic rings. The molecule has 13 heavy (non-hydrogen) atoms. The van der Waals surface area contributed by atoms with Crippen molar-refractivity contribution in [2.45, 2.75) is 27.3 Å². The summed E-state index contributed by atoms with van der Waals surface area (Å²) in [7, 11) is 0. The fourth-order valence-corrected chi connectivity index (χ4v) is 1.40. The van der Waals surface area contributed by atoms with Gasteiger partial charge < -0.3 is 0 Å². The fourth-order valence-electron chi connectivity index (χ4n) is 1.40. The van der Waals surface area contributed by atoms with Crippen molar-refractivity contribution >= 4 is 0 Å². The second-order valence-electron chi connectivity index (χ2n) is 3.45. The molecule has 0 fully saturated rings. The molecule has 0 saturated carbocycles. The highest BCUT2D eigenvalue weighted by molar-refractivity contribution is 5.21. The van der Waals surface area contributed by atoms with Crippen LogP contribution < -0.4 is 0 Å². The van der Waals surface area contributed by atoms with E-state index >= 15 is 0 Å². The minimum Gasteiger partial charge on any atom is -0.300 e. The van der Waals surface area contributed by atoms with Gasteiger partial charge in [-0.15, -0.1) is 0 Å². The first-order valence-corrected chi connectivity index (χ1v) is 5.04. The topological polar surface area (TPSA) is 3.24 Å². The average Bonchev–Trinajstić information content (AvgIpc) is 2.17. The van der Waals surface area contributed by atoms with Gasteiger partial charge in [-0.1, -0.05) is 43.7 Å². The Morgan fingerprint density at radius 3 is 2.00 bits per heavy atom. The van der Waals surface area contributed by atoms with E-state index in [0.29, 0.717) is 0 Å². The first-order chi connectivity index (χ1) is 6.26. The molecule has 72 valence electrons. The van der Waals surface area contributed by atoms with Gasteiger partial charge in [0.2, 0.25) is 0 Å². The molecule has 0 aromatic heterocycles. The van der Waals surface area contributed by atoms with Crippen molar-refractivity contribution in [3.8, 4) is 0 Å². The van der Waals surface area contributed by atoms with E-state index in [2.05, 4.69) is 49.9 Å². The van der Waals surface area contributed by atoms with Gasteiger partial charge in [0.25, 0.3) is 0 Å². The molecule has 0 bridgehead atoms. The van der Waals surface area contributed by atoms with Gasteiger partial charge in [-0.05, 0) is 25.6 Å². The lowest BCUT2D eigenvalue weighted by molar-refractivity contribution is 0.296. The van der Waals surface area contributed by atoms with E-state index in [1.54, 1.807) is 0 Å². The average molecular weight is 177 g/mol. The highest BCUT2D eigenvalue weighted by Gasteiger charge is 1.99. The van der Waals surface area contributed by atoms with Crippen LogP contribution in [0.3, 0.4) is 0 Å². The first kappa shape index (κ1) is 10.3. The maximum Gasteiger partial charge on any atom is 0.0233 e. The van der Waals surface area contributed by atoms with Crippen LogP contribution in [0, 0.1) is 6.92 Å². The van der Waals surface area contributed by atoms with Crippen molar-refractivity contribution < 1.29 is 0 Å². The van der Waals surface area contributed by atoms with E-state index in [0.717, 1.165) is 19.6 Å². The number of aryl methyl sites for hydroxylation is 1. The Bertz CT molecular complexity index is 234. The van der Waals surface area contributed by atoms with Crippen LogP contribution in [0.15, 0.2) is 24.3 Å². The molecular weight excluding hydrogens is 158 g/mol. The van der Waals surface area contributed by atoms with Crippen LogP contribution in [0.25, 0.3) is 0 Å². The van der Waals surface area contributed by atoms with Crippen LogP contribution in [-0.4, -0.2) is 18.0 Å². The second kappa shape index (κ2) is 5.03. The summed E-state index contributed by atoms with van der Waals surface area (Å²) in [5.74, 6) is 0. The van der Waals surface area contributed by atoms with E-state index in [9.17, 15) is 0 Å². The normalized spacial score (nSPS) is 10.8. The summed E-state index contributed by atoms with van der Waals surface area (Å²) in [4.78, 5) is 2.42. The largest absolute Gasteiger partial charge is 0.300 e. The molecule has 1 nitrogen and oxygen atoms in total. The highest BCUT2D eigenvalue weighted by atomic mass is 15.1. The van der Waals surface area contributed by atoms with Gasteiger partial charge >= 0.3 is 0 Å². The molecule has 1 heteroatoms. The Labute approximate surface area is 81.4 Å². The SMILES string of the molecule is CCN(CC)Cc1ccc(C)cc1.